The van der Waals surface area contributed by atoms with Crippen LogP contribution < -0.4 is 5.32 Å². The van der Waals surface area contributed by atoms with Crippen molar-refractivity contribution in [3.63, 3.8) is 0 Å². The summed E-state index contributed by atoms with van der Waals surface area (Å²) in [6.07, 6.45) is -0.659. The normalized spacial score (nSPS) is 11.1. The van der Waals surface area contributed by atoms with Crippen molar-refractivity contribution >= 4 is 17.5 Å². The molecule has 0 spiro atoms. The van der Waals surface area contributed by atoms with E-state index in [0.29, 0.717) is 28.5 Å². The highest BCUT2D eigenvalue weighted by Crippen LogP contribution is 2.33. The van der Waals surface area contributed by atoms with Crippen LogP contribution in [0.1, 0.15) is 26.5 Å². The van der Waals surface area contributed by atoms with Gasteiger partial charge in [0.25, 0.3) is 5.69 Å². The Hall–Kier alpha value is -3.81. The van der Waals surface area contributed by atoms with Crippen molar-refractivity contribution in [3.8, 4) is 22.6 Å². The number of ether oxygens (including phenoxy) is 1. The summed E-state index contributed by atoms with van der Waals surface area (Å²) in [5.41, 5.74) is 1.73. The van der Waals surface area contributed by atoms with Crippen molar-refractivity contribution in [1.82, 2.24) is 9.97 Å². The van der Waals surface area contributed by atoms with E-state index in [1.54, 1.807) is 39.8 Å². The maximum atomic E-state index is 12.4. The lowest BCUT2D eigenvalue weighted by molar-refractivity contribution is -0.384. The zero-order chi connectivity index (χ0) is 21.9. The molecule has 154 valence electrons. The van der Waals surface area contributed by atoms with Crippen molar-refractivity contribution in [2.75, 3.05) is 5.32 Å². The van der Waals surface area contributed by atoms with Crippen molar-refractivity contribution in [1.29, 1.82) is 0 Å². The van der Waals surface area contributed by atoms with E-state index in [0.717, 1.165) is 5.56 Å². The molecule has 0 fully saturated rings. The molecule has 0 bridgehead atoms. The number of carbonyl (C=O) groups is 1. The summed E-state index contributed by atoms with van der Waals surface area (Å²) in [4.78, 5) is 32.3. The van der Waals surface area contributed by atoms with Gasteiger partial charge in [-0.3, -0.25) is 15.4 Å². The van der Waals surface area contributed by atoms with E-state index in [9.17, 15) is 14.9 Å². The molecule has 3 rings (SSSR count). The van der Waals surface area contributed by atoms with E-state index >= 15 is 0 Å². The number of amides is 1. The first-order valence-electron chi connectivity index (χ1n) is 9.33. The van der Waals surface area contributed by atoms with Crippen molar-refractivity contribution in [3.05, 3.63) is 70.4 Å². The average molecular weight is 406 g/mol. The Bertz CT molecular complexity index is 1090. The Kier molecular flexibility index (Phi) is 5.77. The summed E-state index contributed by atoms with van der Waals surface area (Å²) < 4.78 is 5.35. The van der Waals surface area contributed by atoms with Crippen LogP contribution in [0.3, 0.4) is 0 Å². The topological polar surface area (TPSA) is 107 Å². The molecule has 8 heteroatoms. The summed E-state index contributed by atoms with van der Waals surface area (Å²) in [5.74, 6) is 0.448. The molecule has 30 heavy (non-hydrogen) atoms. The lowest BCUT2D eigenvalue weighted by Crippen LogP contribution is -2.28. The highest BCUT2D eigenvalue weighted by atomic mass is 16.6. The molecule has 1 aromatic heterocycles. The summed E-state index contributed by atoms with van der Waals surface area (Å²) in [6, 6.07) is 15.4. The van der Waals surface area contributed by atoms with E-state index in [2.05, 4.69) is 15.3 Å². The number of rotatable bonds is 4. The molecule has 1 N–H and O–H groups in total. The Labute approximate surface area is 174 Å². The van der Waals surface area contributed by atoms with Crippen molar-refractivity contribution in [2.45, 2.75) is 33.3 Å². The number of aryl methyl sites for hydroxylation is 1. The van der Waals surface area contributed by atoms with Gasteiger partial charge in [-0.15, -0.1) is 0 Å². The number of non-ortho nitro benzene ring substituents is 1. The Morgan fingerprint density at radius 2 is 1.70 bits per heavy atom. The molecule has 0 atom stereocenters. The minimum absolute atomic E-state index is 0.0757. The number of aromatic nitrogens is 2. The largest absolute Gasteiger partial charge is 0.444 e. The highest BCUT2D eigenvalue weighted by molar-refractivity contribution is 5.92. The Morgan fingerprint density at radius 1 is 1.03 bits per heavy atom. The number of nitro benzene ring substituents is 1. The lowest BCUT2D eigenvalue weighted by Gasteiger charge is -2.21. The first-order chi connectivity index (χ1) is 14.1. The van der Waals surface area contributed by atoms with Gasteiger partial charge in [-0.2, -0.15) is 0 Å². The van der Waals surface area contributed by atoms with Crippen LogP contribution in [0.15, 0.2) is 54.6 Å². The van der Waals surface area contributed by atoms with Gasteiger partial charge in [0, 0.05) is 23.3 Å². The fourth-order valence-corrected chi connectivity index (χ4v) is 2.82. The monoisotopic (exact) mass is 406 g/mol. The number of anilines is 1. The molecule has 0 saturated carbocycles. The summed E-state index contributed by atoms with van der Waals surface area (Å²) >= 11 is 0. The minimum Gasteiger partial charge on any atom is -0.444 e. The summed E-state index contributed by atoms with van der Waals surface area (Å²) in [6.45, 7) is 7.02. The number of hydrogen-bond donors (Lipinski definition) is 1. The van der Waals surface area contributed by atoms with E-state index in [4.69, 9.17) is 4.74 Å². The van der Waals surface area contributed by atoms with Gasteiger partial charge >= 0.3 is 6.09 Å². The van der Waals surface area contributed by atoms with Gasteiger partial charge in [-0.25, -0.2) is 14.8 Å². The van der Waals surface area contributed by atoms with Crippen LogP contribution in [0, 0.1) is 17.0 Å². The number of nitrogens with zero attached hydrogens (tertiary/aromatic N) is 3. The van der Waals surface area contributed by atoms with E-state index in [1.165, 1.54) is 12.1 Å². The average Bonchev–Trinajstić information content (AvgIpc) is 2.68. The van der Waals surface area contributed by atoms with Gasteiger partial charge in [0.2, 0.25) is 0 Å². The fraction of sp³-hybridized carbons (Fsp3) is 0.227. The molecule has 1 heterocycles. The molecule has 0 unspecified atom stereocenters. The second-order valence-electron chi connectivity index (χ2n) is 7.66. The maximum Gasteiger partial charge on any atom is 0.412 e. The van der Waals surface area contributed by atoms with Gasteiger partial charge in [0.15, 0.2) is 5.82 Å². The first kappa shape index (κ1) is 20.9. The molecular formula is C22H22N4O4. The van der Waals surface area contributed by atoms with Gasteiger partial charge in [0.05, 0.1) is 22.0 Å². The van der Waals surface area contributed by atoms with Crippen LogP contribution in [0.2, 0.25) is 0 Å². The van der Waals surface area contributed by atoms with E-state index < -0.39 is 16.6 Å². The predicted octanol–water partition coefficient (Wildman–Crippen LogP) is 5.37. The van der Waals surface area contributed by atoms with Crippen molar-refractivity contribution < 1.29 is 14.5 Å². The van der Waals surface area contributed by atoms with Crippen LogP contribution in [-0.4, -0.2) is 26.6 Å². The molecule has 0 radical (unpaired) electrons. The molecule has 2 aromatic carbocycles. The molecule has 0 aliphatic carbocycles. The maximum absolute atomic E-state index is 12.4. The smallest absolute Gasteiger partial charge is 0.412 e. The number of carbonyl (C=O) groups excluding carboxylic acids is 1. The molecule has 0 aliphatic rings. The SMILES string of the molecule is Cc1nc(-c2ccccc2)nc(-c2cccc([N+](=O)[O-])c2)c1NC(=O)OC(C)(C)C. The zero-order valence-electron chi connectivity index (χ0n) is 17.2. The van der Waals surface area contributed by atoms with Crippen LogP contribution in [-0.2, 0) is 4.74 Å². The van der Waals surface area contributed by atoms with Gasteiger partial charge in [-0.05, 0) is 27.7 Å². The second-order valence-corrected chi connectivity index (χ2v) is 7.66. The van der Waals surface area contributed by atoms with Gasteiger partial charge in [0.1, 0.15) is 5.60 Å². The quantitative estimate of drug-likeness (QED) is 0.461. The minimum atomic E-state index is -0.686. The number of nitro groups is 1. The second kappa shape index (κ2) is 8.28. The molecule has 0 aliphatic heterocycles. The summed E-state index contributed by atoms with van der Waals surface area (Å²) in [7, 11) is 0. The number of benzene rings is 2. The van der Waals surface area contributed by atoms with E-state index in [-0.39, 0.29) is 5.69 Å². The predicted molar refractivity (Wildman–Crippen MR) is 114 cm³/mol. The van der Waals surface area contributed by atoms with Gasteiger partial charge < -0.3 is 4.74 Å². The number of hydrogen-bond acceptors (Lipinski definition) is 6. The van der Waals surface area contributed by atoms with Gasteiger partial charge in [-0.1, -0.05) is 42.5 Å². The molecule has 1 amide bonds. The van der Waals surface area contributed by atoms with E-state index in [1.807, 2.05) is 30.3 Å². The van der Waals surface area contributed by atoms with Crippen LogP contribution in [0.25, 0.3) is 22.6 Å². The van der Waals surface area contributed by atoms with Crippen molar-refractivity contribution in [2.24, 2.45) is 0 Å². The molecule has 3 aromatic rings. The third-order valence-corrected chi connectivity index (χ3v) is 4.08. The first-order valence-corrected chi connectivity index (χ1v) is 9.33. The molecule has 0 saturated heterocycles. The number of nitrogens with one attached hydrogen (secondary N) is 1. The lowest BCUT2D eigenvalue weighted by atomic mass is 10.1. The third kappa shape index (κ3) is 4.96. The van der Waals surface area contributed by atoms with Crippen LogP contribution in [0.5, 0.6) is 0 Å². The van der Waals surface area contributed by atoms with Crippen LogP contribution in [0.4, 0.5) is 16.2 Å². The van der Waals surface area contributed by atoms with Crippen LogP contribution >= 0.6 is 0 Å². The third-order valence-electron chi connectivity index (χ3n) is 4.08. The highest BCUT2D eigenvalue weighted by Gasteiger charge is 2.22. The summed E-state index contributed by atoms with van der Waals surface area (Å²) in [5, 5.41) is 13.9. The Balaban J connectivity index is 2.15. The fourth-order valence-electron chi connectivity index (χ4n) is 2.82. The standard InChI is InChI=1S/C22H22N4O4/c1-14-18(25-21(27)30-22(2,3)4)19(16-11-8-12-17(13-16)26(28)29)24-20(23-14)15-9-6-5-7-10-15/h5-13H,1-4H3,(H,25,27). The zero-order valence-corrected chi connectivity index (χ0v) is 17.2. The molecule has 8 nitrogen and oxygen atoms in total. The molecular weight excluding hydrogens is 384 g/mol. The Morgan fingerprint density at radius 3 is 2.33 bits per heavy atom.